The molecule has 0 unspecified atom stereocenters. The van der Waals surface area contributed by atoms with Crippen LogP contribution in [0.4, 0.5) is 8.78 Å². The Morgan fingerprint density at radius 2 is 1.85 bits per heavy atom. The Hall–Kier alpha value is -0.645. The fraction of sp³-hybridized carbons (Fsp3) is 0.143. The van der Waals surface area contributed by atoms with Crippen molar-refractivity contribution in [3.05, 3.63) is 28.3 Å². The van der Waals surface area contributed by atoms with Gasteiger partial charge in [0.1, 0.15) is 0 Å². The molecule has 0 aromatic heterocycles. The second kappa shape index (κ2) is 3.61. The van der Waals surface area contributed by atoms with Crippen molar-refractivity contribution in [1.82, 2.24) is 0 Å². The normalized spacial score (nSPS) is 10.3. The van der Waals surface area contributed by atoms with Gasteiger partial charge in [0, 0.05) is 16.0 Å². The molecule has 1 aromatic carbocycles. The van der Waals surface area contributed by atoms with Crippen LogP contribution < -0.4 is 5.46 Å². The van der Waals surface area contributed by atoms with Gasteiger partial charge in [-0.3, -0.25) is 0 Å². The highest BCUT2D eigenvalue weighted by Gasteiger charge is 2.22. The molecule has 1 aromatic rings. The van der Waals surface area contributed by atoms with Crippen LogP contribution in [0, 0.1) is 18.6 Å². The van der Waals surface area contributed by atoms with Crippen LogP contribution in [0.15, 0.2) is 6.07 Å². The highest BCUT2D eigenvalue weighted by Crippen LogP contribution is 2.18. The SMILES string of the molecule is Cc1c(Cl)cc(B(O)O)c(F)c1F. The third kappa shape index (κ3) is 1.82. The van der Waals surface area contributed by atoms with E-state index in [1.807, 2.05) is 0 Å². The molecule has 1 rings (SSSR count). The van der Waals surface area contributed by atoms with Gasteiger partial charge >= 0.3 is 7.12 Å². The minimum atomic E-state index is -2.06. The second-order valence-electron chi connectivity index (χ2n) is 2.57. The predicted molar refractivity (Wildman–Crippen MR) is 45.9 cm³/mol. The molecule has 13 heavy (non-hydrogen) atoms. The summed E-state index contributed by atoms with van der Waals surface area (Å²) >= 11 is 5.51. The average molecular weight is 206 g/mol. The van der Waals surface area contributed by atoms with Crippen molar-refractivity contribution in [2.45, 2.75) is 6.92 Å². The summed E-state index contributed by atoms with van der Waals surface area (Å²) in [5, 5.41) is 17.2. The zero-order valence-electron chi connectivity index (χ0n) is 6.68. The number of halogens is 3. The molecule has 0 amide bonds. The van der Waals surface area contributed by atoms with Crippen LogP contribution in [0.3, 0.4) is 0 Å². The van der Waals surface area contributed by atoms with Crippen LogP contribution >= 0.6 is 11.6 Å². The Bertz CT molecular complexity index is 344. The Morgan fingerprint density at radius 3 is 2.31 bits per heavy atom. The number of hydrogen-bond acceptors (Lipinski definition) is 2. The van der Waals surface area contributed by atoms with Crippen molar-refractivity contribution in [3.8, 4) is 0 Å². The van der Waals surface area contributed by atoms with E-state index in [4.69, 9.17) is 21.6 Å². The van der Waals surface area contributed by atoms with Crippen LogP contribution in [0.1, 0.15) is 5.56 Å². The van der Waals surface area contributed by atoms with E-state index in [2.05, 4.69) is 0 Å². The first-order valence-corrected chi connectivity index (χ1v) is 3.83. The first kappa shape index (κ1) is 10.4. The summed E-state index contributed by atoms with van der Waals surface area (Å²) in [6, 6.07) is 0.986. The second-order valence-corrected chi connectivity index (χ2v) is 2.98. The molecule has 0 aliphatic heterocycles. The van der Waals surface area contributed by atoms with Crippen molar-refractivity contribution < 1.29 is 18.8 Å². The fourth-order valence-corrected chi connectivity index (χ4v) is 1.09. The smallest absolute Gasteiger partial charge is 0.423 e. The van der Waals surface area contributed by atoms with Gasteiger partial charge in [-0.25, -0.2) is 8.78 Å². The molecule has 2 nitrogen and oxygen atoms in total. The average Bonchev–Trinajstić information content (AvgIpc) is 2.07. The third-order valence-corrected chi connectivity index (χ3v) is 2.09. The van der Waals surface area contributed by atoms with Crippen LogP contribution in [0.2, 0.25) is 5.02 Å². The maximum absolute atomic E-state index is 12.9. The Balaban J connectivity index is 3.41. The van der Waals surface area contributed by atoms with Crippen LogP contribution in [0.5, 0.6) is 0 Å². The standard InChI is InChI=1S/C7H6BClF2O2/c1-3-5(9)2-4(8(12)13)7(11)6(3)10/h2,12-13H,1H3. The Kier molecular flexibility index (Phi) is 2.90. The molecule has 70 valence electrons. The monoisotopic (exact) mass is 206 g/mol. The molecule has 0 saturated heterocycles. The molecular formula is C7H6BClF2O2. The molecule has 0 bridgehead atoms. The summed E-state index contributed by atoms with van der Waals surface area (Å²) in [7, 11) is -2.06. The van der Waals surface area contributed by atoms with E-state index >= 15 is 0 Å². The first-order valence-electron chi connectivity index (χ1n) is 3.45. The lowest BCUT2D eigenvalue weighted by atomic mass is 9.79. The van der Waals surface area contributed by atoms with E-state index in [9.17, 15) is 8.78 Å². The van der Waals surface area contributed by atoms with Gasteiger partial charge in [0.25, 0.3) is 0 Å². The fourth-order valence-electron chi connectivity index (χ4n) is 0.892. The van der Waals surface area contributed by atoms with E-state index < -0.39 is 24.2 Å². The molecule has 0 spiro atoms. The number of rotatable bonds is 1. The minimum Gasteiger partial charge on any atom is -0.423 e. The van der Waals surface area contributed by atoms with E-state index in [1.165, 1.54) is 6.92 Å². The van der Waals surface area contributed by atoms with Gasteiger partial charge in [0.15, 0.2) is 11.6 Å². The lowest BCUT2D eigenvalue weighted by Gasteiger charge is -2.06. The Morgan fingerprint density at radius 1 is 1.31 bits per heavy atom. The molecule has 0 heterocycles. The van der Waals surface area contributed by atoms with Crippen LogP contribution in [-0.2, 0) is 0 Å². The molecule has 2 N–H and O–H groups in total. The summed E-state index contributed by atoms with van der Waals surface area (Å²) in [5.41, 5.74) is -0.614. The van der Waals surface area contributed by atoms with E-state index in [-0.39, 0.29) is 10.6 Å². The largest absolute Gasteiger partial charge is 0.491 e. The van der Waals surface area contributed by atoms with Gasteiger partial charge in [-0.15, -0.1) is 0 Å². The summed E-state index contributed by atoms with van der Waals surface area (Å²) in [6.45, 7) is 1.30. The lowest BCUT2D eigenvalue weighted by Crippen LogP contribution is -2.34. The summed E-state index contributed by atoms with van der Waals surface area (Å²) in [6.07, 6.45) is 0. The van der Waals surface area contributed by atoms with Crippen molar-refractivity contribution in [1.29, 1.82) is 0 Å². The lowest BCUT2D eigenvalue weighted by molar-refractivity contribution is 0.420. The molecule has 0 atom stereocenters. The van der Waals surface area contributed by atoms with Crippen molar-refractivity contribution in [2.75, 3.05) is 0 Å². The molecule has 0 saturated carbocycles. The molecule has 6 heteroatoms. The highest BCUT2D eigenvalue weighted by atomic mass is 35.5. The summed E-state index contributed by atoms with van der Waals surface area (Å²) in [4.78, 5) is 0. The van der Waals surface area contributed by atoms with Gasteiger partial charge in [-0.05, 0) is 13.0 Å². The minimum absolute atomic E-state index is 0.0398. The van der Waals surface area contributed by atoms with E-state index in [1.54, 1.807) is 0 Å². The molecule has 0 radical (unpaired) electrons. The zero-order chi connectivity index (χ0) is 10.2. The maximum Gasteiger partial charge on any atom is 0.491 e. The number of hydrogen-bond donors (Lipinski definition) is 2. The van der Waals surface area contributed by atoms with Crippen molar-refractivity contribution >= 4 is 24.2 Å². The quantitative estimate of drug-likeness (QED) is 0.522. The number of benzene rings is 1. The predicted octanol–water partition coefficient (Wildman–Crippen LogP) is 0.606. The van der Waals surface area contributed by atoms with Gasteiger partial charge in [-0.1, -0.05) is 11.6 Å². The van der Waals surface area contributed by atoms with Gasteiger partial charge in [-0.2, -0.15) is 0 Å². The molecule has 0 fully saturated rings. The zero-order valence-corrected chi connectivity index (χ0v) is 7.44. The van der Waals surface area contributed by atoms with Gasteiger partial charge in [0.2, 0.25) is 0 Å². The summed E-state index contributed by atoms with van der Waals surface area (Å²) < 4.78 is 25.9. The maximum atomic E-state index is 12.9. The first-order chi connectivity index (χ1) is 5.95. The topological polar surface area (TPSA) is 40.5 Å². The molecule has 0 aliphatic rings. The van der Waals surface area contributed by atoms with Gasteiger partial charge in [0.05, 0.1) is 0 Å². The van der Waals surface area contributed by atoms with E-state index in [0.29, 0.717) is 0 Å². The molecule has 0 aliphatic carbocycles. The molecular weight excluding hydrogens is 200 g/mol. The summed E-state index contributed by atoms with van der Waals surface area (Å²) in [5.74, 6) is -2.44. The Labute approximate surface area is 78.9 Å². The van der Waals surface area contributed by atoms with Crippen LogP contribution in [-0.4, -0.2) is 17.2 Å². The van der Waals surface area contributed by atoms with E-state index in [0.717, 1.165) is 6.07 Å². The highest BCUT2D eigenvalue weighted by molar-refractivity contribution is 6.59. The third-order valence-electron chi connectivity index (χ3n) is 1.69. The van der Waals surface area contributed by atoms with Crippen LogP contribution in [0.25, 0.3) is 0 Å². The van der Waals surface area contributed by atoms with Gasteiger partial charge < -0.3 is 10.0 Å². The van der Waals surface area contributed by atoms with Crippen molar-refractivity contribution in [2.24, 2.45) is 0 Å². The van der Waals surface area contributed by atoms with Crippen molar-refractivity contribution in [3.63, 3.8) is 0 Å².